The maximum absolute atomic E-state index is 14.4. The van der Waals surface area contributed by atoms with Gasteiger partial charge in [0.1, 0.15) is 0 Å². The van der Waals surface area contributed by atoms with Gasteiger partial charge in [-0.25, -0.2) is 0 Å². The van der Waals surface area contributed by atoms with Gasteiger partial charge in [0, 0.05) is 51.4 Å². The molecule has 4 aromatic carbocycles. The second-order valence-electron chi connectivity index (χ2n) is 28.5. The summed E-state index contributed by atoms with van der Waals surface area (Å²) in [6.45, 7) is 17.0. The van der Waals surface area contributed by atoms with Gasteiger partial charge in [-0.05, 0) is 144 Å². The standard InChI is InChI=1S/C88H128O16/c1-9-17-25-33-41-49-81(89)97-73-57-65-66(58-74(73)98-82(90)50-42-34-26-18-10-2)68-60-76(100-84(92)52-44-36-28-20-12-4)78(102-86(94)54-46-38-30-22-14-6)62-70(68)72-64-80(104-88(96)56-48-40-32-24-16-8)79(103-87(95)55-47-39-31-23-15-7)63-71(72)69-61-77(101-85(93)53-45-37-29-21-13-5)75(59-67(65)69)99-83(91)51-43-35-27-19-11-3/h57-64H,9-56H2,1-8H3. The van der Waals surface area contributed by atoms with E-state index in [2.05, 4.69) is 55.4 Å². The summed E-state index contributed by atoms with van der Waals surface area (Å²) in [5, 5.41) is 0. The van der Waals surface area contributed by atoms with Crippen LogP contribution in [0.3, 0.4) is 0 Å². The first-order valence-electron chi connectivity index (χ1n) is 41.0. The average Bonchev–Trinajstić information content (AvgIpc) is 0.725. The Labute approximate surface area is 623 Å². The van der Waals surface area contributed by atoms with Gasteiger partial charge in [-0.1, -0.05) is 261 Å². The summed E-state index contributed by atoms with van der Waals surface area (Å²) in [5.41, 5.74) is 2.53. The number of ether oxygens (including phenoxy) is 8. The van der Waals surface area contributed by atoms with Gasteiger partial charge in [-0.2, -0.15) is 0 Å². The summed E-state index contributed by atoms with van der Waals surface area (Å²) in [4.78, 5) is 115. The highest BCUT2D eigenvalue weighted by molar-refractivity contribution is 6.07. The van der Waals surface area contributed by atoms with Gasteiger partial charge in [-0.15, -0.1) is 0 Å². The normalized spacial score (nSPS) is 11.3. The van der Waals surface area contributed by atoms with Gasteiger partial charge in [0.2, 0.25) is 0 Å². The SMILES string of the molecule is CCCCCCCC(=O)Oc1cc2c(cc1OC(=O)CCCCCCC)-c1cc(OC(=O)CCCCCCC)c(OC(=O)CCCCCCC)cc1-c1cc(OC(=O)CCCCCCC)c(OC(=O)CCCCCCC)cc1-c1cc(OC(=O)CCCCCCC)c(OC(=O)CCCCCCC)cc1-2. The van der Waals surface area contributed by atoms with E-state index >= 15 is 0 Å². The topological polar surface area (TPSA) is 210 Å². The van der Waals surface area contributed by atoms with Crippen LogP contribution >= 0.6 is 0 Å². The van der Waals surface area contributed by atoms with E-state index in [0.717, 1.165) is 205 Å². The molecule has 1 aliphatic carbocycles. The number of rotatable bonds is 56. The molecule has 0 atom stereocenters. The Hall–Kier alpha value is -7.36. The van der Waals surface area contributed by atoms with Crippen LogP contribution in [0, 0.1) is 0 Å². The van der Waals surface area contributed by atoms with Crippen molar-refractivity contribution in [3.8, 4) is 90.5 Å². The summed E-state index contributed by atoms with van der Waals surface area (Å²) >= 11 is 0. The van der Waals surface area contributed by atoms with Crippen LogP contribution in [0.5, 0.6) is 46.0 Å². The van der Waals surface area contributed by atoms with Gasteiger partial charge >= 0.3 is 47.8 Å². The zero-order valence-electron chi connectivity index (χ0n) is 65.1. The number of esters is 8. The average molecular weight is 1440 g/mol. The lowest BCUT2D eigenvalue weighted by Gasteiger charge is -2.27. The lowest BCUT2D eigenvalue weighted by molar-refractivity contribution is -0.137. The number of hydrogen-bond donors (Lipinski definition) is 0. The fourth-order valence-electron chi connectivity index (χ4n) is 13.0. The minimum Gasteiger partial charge on any atom is -0.422 e. The molecule has 0 heterocycles. The quantitative estimate of drug-likeness (QED) is 0.0201. The molecule has 1 aliphatic rings. The Morgan fingerprint density at radius 3 is 0.356 bits per heavy atom. The van der Waals surface area contributed by atoms with Crippen LogP contribution in [0.4, 0.5) is 0 Å². The Bertz CT molecular complexity index is 2610. The lowest BCUT2D eigenvalue weighted by atomic mass is 9.80. The molecule has 16 heteroatoms. The fourth-order valence-corrected chi connectivity index (χ4v) is 13.0. The van der Waals surface area contributed by atoms with Crippen LogP contribution in [0.15, 0.2) is 48.5 Å². The van der Waals surface area contributed by atoms with E-state index in [1.165, 1.54) is 0 Å². The molecule has 5 rings (SSSR count). The summed E-state index contributed by atoms with van der Waals surface area (Å²) in [6, 6.07) is 12.8. The highest BCUT2D eigenvalue weighted by Gasteiger charge is 2.33. The first kappa shape index (κ1) is 87.3. The molecule has 0 N–H and O–H groups in total. The third kappa shape index (κ3) is 32.2. The van der Waals surface area contributed by atoms with Crippen molar-refractivity contribution in [1.29, 1.82) is 0 Å². The van der Waals surface area contributed by atoms with Crippen molar-refractivity contribution < 1.29 is 76.3 Å². The van der Waals surface area contributed by atoms with Gasteiger partial charge in [0.15, 0.2) is 46.0 Å². The third-order valence-electron chi connectivity index (χ3n) is 19.2. The third-order valence-corrected chi connectivity index (χ3v) is 19.2. The van der Waals surface area contributed by atoms with E-state index in [1.54, 1.807) is 48.5 Å². The van der Waals surface area contributed by atoms with Crippen LogP contribution in [0.2, 0.25) is 0 Å². The first-order chi connectivity index (χ1) is 50.6. The molecule has 0 fully saturated rings. The monoisotopic (exact) mass is 1440 g/mol. The van der Waals surface area contributed by atoms with E-state index in [-0.39, 0.29) is 97.4 Å². The van der Waals surface area contributed by atoms with E-state index < -0.39 is 47.8 Å². The van der Waals surface area contributed by atoms with Crippen LogP contribution in [0.1, 0.15) is 364 Å². The summed E-state index contributed by atoms with van der Waals surface area (Å²) in [6.07, 6.45) is 34.8. The van der Waals surface area contributed by atoms with Crippen LogP contribution in [-0.4, -0.2) is 47.8 Å². The van der Waals surface area contributed by atoms with Gasteiger partial charge in [0.25, 0.3) is 0 Å². The number of carbonyl (C=O) groups is 8. The van der Waals surface area contributed by atoms with Crippen LogP contribution < -0.4 is 37.9 Å². The highest BCUT2D eigenvalue weighted by Crippen LogP contribution is 2.56. The maximum Gasteiger partial charge on any atom is 0.311 e. The molecule has 0 spiro atoms. The maximum atomic E-state index is 14.4. The number of benzene rings is 4. The van der Waals surface area contributed by atoms with Crippen molar-refractivity contribution in [3.05, 3.63) is 48.5 Å². The molecule has 0 aromatic heterocycles. The molecule has 0 bridgehead atoms. The Morgan fingerprint density at radius 2 is 0.260 bits per heavy atom. The number of unbranched alkanes of at least 4 members (excludes halogenated alkanes) is 32. The van der Waals surface area contributed by atoms with Gasteiger partial charge < -0.3 is 37.9 Å². The molecule has 4 aromatic rings. The molecule has 104 heavy (non-hydrogen) atoms. The predicted molar refractivity (Wildman–Crippen MR) is 414 cm³/mol. The largest absolute Gasteiger partial charge is 0.422 e. The Morgan fingerprint density at radius 1 is 0.163 bits per heavy atom. The number of hydrogen-bond acceptors (Lipinski definition) is 16. The summed E-state index contributed by atoms with van der Waals surface area (Å²) in [5.74, 6) is -5.30. The van der Waals surface area contributed by atoms with E-state index in [4.69, 9.17) is 37.9 Å². The van der Waals surface area contributed by atoms with Crippen LogP contribution in [0.25, 0.3) is 44.5 Å². The minimum absolute atomic E-state index is 0.0594. The molecule has 0 aliphatic heterocycles. The van der Waals surface area contributed by atoms with Crippen molar-refractivity contribution in [1.82, 2.24) is 0 Å². The van der Waals surface area contributed by atoms with Gasteiger partial charge in [0.05, 0.1) is 0 Å². The molecule has 0 saturated carbocycles. The zero-order chi connectivity index (χ0) is 75.1. The molecule has 576 valence electrons. The summed E-state index contributed by atoms with van der Waals surface area (Å²) < 4.78 is 51.2. The van der Waals surface area contributed by atoms with Crippen molar-refractivity contribution >= 4 is 47.8 Å². The van der Waals surface area contributed by atoms with Crippen LogP contribution in [-0.2, 0) is 38.4 Å². The molecule has 0 radical (unpaired) electrons. The van der Waals surface area contributed by atoms with Crippen molar-refractivity contribution in [2.75, 3.05) is 0 Å². The Balaban J connectivity index is 2.03. The van der Waals surface area contributed by atoms with Crippen molar-refractivity contribution in [2.24, 2.45) is 0 Å². The second-order valence-corrected chi connectivity index (χ2v) is 28.5. The van der Waals surface area contributed by atoms with E-state index in [9.17, 15) is 38.4 Å². The fraction of sp³-hybridized carbons (Fsp3) is 0.636. The molecule has 16 nitrogen and oxygen atoms in total. The smallest absolute Gasteiger partial charge is 0.311 e. The highest BCUT2D eigenvalue weighted by atomic mass is 16.6. The number of carbonyl (C=O) groups excluding carboxylic acids is 8. The van der Waals surface area contributed by atoms with E-state index in [1.807, 2.05) is 0 Å². The van der Waals surface area contributed by atoms with Gasteiger partial charge in [-0.3, -0.25) is 38.4 Å². The zero-order valence-corrected chi connectivity index (χ0v) is 65.1. The molecule has 0 saturated heterocycles. The lowest BCUT2D eigenvalue weighted by Crippen LogP contribution is -2.15. The minimum atomic E-state index is -0.568. The predicted octanol–water partition coefficient (Wildman–Crippen LogP) is 24.8. The molecular formula is C88H128O16. The van der Waals surface area contributed by atoms with Crippen molar-refractivity contribution in [2.45, 2.75) is 364 Å². The second kappa shape index (κ2) is 51.8. The molecule has 0 unspecified atom stereocenters. The molecule has 0 amide bonds. The molecular weight excluding hydrogens is 1310 g/mol. The summed E-state index contributed by atoms with van der Waals surface area (Å²) in [7, 11) is 0. The first-order valence-corrected chi connectivity index (χ1v) is 41.0. The Kier molecular flexibility index (Phi) is 43.4. The van der Waals surface area contributed by atoms with Crippen molar-refractivity contribution in [3.63, 3.8) is 0 Å². The number of fused-ring (bicyclic) bond motifs is 8. The van der Waals surface area contributed by atoms with E-state index in [0.29, 0.717) is 95.9 Å².